The van der Waals surface area contributed by atoms with Crippen molar-refractivity contribution in [1.29, 1.82) is 0 Å². The van der Waals surface area contributed by atoms with Crippen LogP contribution in [0.15, 0.2) is 55.0 Å². The number of rotatable bonds is 5. The maximum Gasteiger partial charge on any atom is 0.254 e. The van der Waals surface area contributed by atoms with Crippen LogP contribution in [0, 0.1) is 0 Å². The number of amides is 1. The number of ether oxygens (including phenoxy) is 1. The standard InChI is InChI=1S/C25H24ClN7O2/c1-31-13-17-10-16(31)14-33(17)24(34)15-6-7-19(21(9-15)35-2)29-25-28-11-18(26)23(30-25)20-12-27-22-5-3-4-8-32(20)22/h3-9,11-12,16-17H,10,13-14H2,1-2H3,(H,28,29,30)/t16-,17-/m0/s1. The van der Waals surface area contributed by atoms with E-state index >= 15 is 0 Å². The number of halogens is 1. The van der Waals surface area contributed by atoms with Crippen molar-refractivity contribution in [2.75, 3.05) is 32.6 Å². The molecule has 0 saturated carbocycles. The first-order chi connectivity index (χ1) is 17.0. The maximum absolute atomic E-state index is 13.2. The second-order valence-electron chi connectivity index (χ2n) is 8.94. The molecule has 2 aliphatic heterocycles. The van der Waals surface area contributed by atoms with Gasteiger partial charge in [-0.2, -0.15) is 0 Å². The number of likely N-dealkylation sites (tertiary alicyclic amines) is 2. The first kappa shape index (κ1) is 21.8. The Bertz CT molecular complexity index is 1440. The number of carbonyl (C=O) groups is 1. The number of likely N-dealkylation sites (N-methyl/N-ethyl adjacent to an activating group) is 1. The third-order valence-corrected chi connectivity index (χ3v) is 7.15. The van der Waals surface area contributed by atoms with E-state index in [2.05, 4.69) is 32.2 Å². The van der Waals surface area contributed by atoms with Crippen molar-refractivity contribution in [1.82, 2.24) is 29.2 Å². The van der Waals surface area contributed by atoms with Crippen LogP contribution in [0.4, 0.5) is 11.6 Å². The van der Waals surface area contributed by atoms with Gasteiger partial charge in [-0.3, -0.25) is 14.1 Å². The van der Waals surface area contributed by atoms with Crippen molar-refractivity contribution in [2.24, 2.45) is 0 Å². The van der Waals surface area contributed by atoms with E-state index in [1.807, 2.05) is 45.8 Å². The second kappa shape index (κ2) is 8.51. The monoisotopic (exact) mass is 489 g/mol. The summed E-state index contributed by atoms with van der Waals surface area (Å²) < 4.78 is 7.52. The first-order valence-electron chi connectivity index (χ1n) is 11.4. The fourth-order valence-electron chi connectivity index (χ4n) is 5.04. The summed E-state index contributed by atoms with van der Waals surface area (Å²) in [7, 11) is 3.70. The molecule has 6 rings (SSSR count). The molecule has 3 aromatic heterocycles. The molecular formula is C25H24ClN7O2. The topological polar surface area (TPSA) is 87.9 Å². The van der Waals surface area contributed by atoms with Crippen molar-refractivity contribution in [3.05, 3.63) is 65.6 Å². The average molecular weight is 490 g/mol. The number of hydrogen-bond donors (Lipinski definition) is 1. The van der Waals surface area contributed by atoms with E-state index in [0.717, 1.165) is 30.9 Å². The van der Waals surface area contributed by atoms with E-state index in [9.17, 15) is 4.79 Å². The van der Waals surface area contributed by atoms with E-state index in [4.69, 9.17) is 16.3 Å². The van der Waals surface area contributed by atoms with E-state index in [-0.39, 0.29) is 11.9 Å². The minimum Gasteiger partial charge on any atom is -0.495 e. The van der Waals surface area contributed by atoms with Crippen LogP contribution in [0.25, 0.3) is 17.0 Å². The van der Waals surface area contributed by atoms with Crippen LogP contribution in [-0.4, -0.2) is 74.4 Å². The Balaban J connectivity index is 1.27. The number of benzene rings is 1. The lowest BCUT2D eigenvalue weighted by Crippen LogP contribution is -2.47. The zero-order chi connectivity index (χ0) is 24.1. The lowest BCUT2D eigenvalue weighted by Gasteiger charge is -2.32. The van der Waals surface area contributed by atoms with E-state index in [1.54, 1.807) is 25.6 Å². The minimum atomic E-state index is 0.0353. The van der Waals surface area contributed by atoms with Crippen molar-refractivity contribution >= 4 is 34.8 Å². The van der Waals surface area contributed by atoms with Crippen LogP contribution in [0.3, 0.4) is 0 Å². The molecule has 5 heterocycles. The van der Waals surface area contributed by atoms with Crippen LogP contribution in [-0.2, 0) is 0 Å². The quantitative estimate of drug-likeness (QED) is 0.457. The zero-order valence-corrected chi connectivity index (χ0v) is 20.1. The highest BCUT2D eigenvalue weighted by Crippen LogP contribution is 2.34. The Kier molecular flexibility index (Phi) is 5.31. The Hall–Kier alpha value is -3.69. The van der Waals surface area contributed by atoms with Gasteiger partial charge in [0.25, 0.3) is 5.91 Å². The Morgan fingerprint density at radius 1 is 1.14 bits per heavy atom. The highest BCUT2D eigenvalue weighted by atomic mass is 35.5. The molecule has 10 heteroatoms. The SMILES string of the molecule is COc1cc(C(=O)N2C[C@@H]3C[C@H]2CN3C)ccc1Nc1ncc(Cl)c(-c2cnc3ccccn23)n1. The van der Waals surface area contributed by atoms with E-state index in [1.165, 1.54) is 0 Å². The number of aromatic nitrogens is 4. The number of carbonyl (C=O) groups excluding carboxylic acids is 1. The summed E-state index contributed by atoms with van der Waals surface area (Å²) in [5.74, 6) is 0.924. The smallest absolute Gasteiger partial charge is 0.254 e. The highest BCUT2D eigenvalue weighted by Gasteiger charge is 2.43. The number of piperazine rings is 1. The predicted octanol–water partition coefficient (Wildman–Crippen LogP) is 3.73. The molecule has 178 valence electrons. The number of pyridine rings is 1. The van der Waals surface area contributed by atoms with Gasteiger partial charge >= 0.3 is 0 Å². The molecule has 2 aliphatic rings. The molecule has 0 aliphatic carbocycles. The minimum absolute atomic E-state index is 0.0353. The summed E-state index contributed by atoms with van der Waals surface area (Å²) >= 11 is 6.44. The van der Waals surface area contributed by atoms with Gasteiger partial charge in [0.1, 0.15) is 17.1 Å². The zero-order valence-electron chi connectivity index (χ0n) is 19.3. The number of methoxy groups -OCH3 is 1. The van der Waals surface area contributed by atoms with Crippen molar-refractivity contribution < 1.29 is 9.53 Å². The van der Waals surface area contributed by atoms with E-state index < -0.39 is 0 Å². The van der Waals surface area contributed by atoms with Crippen LogP contribution >= 0.6 is 11.6 Å². The van der Waals surface area contributed by atoms with Crippen molar-refractivity contribution in [3.63, 3.8) is 0 Å². The van der Waals surface area contributed by atoms with Crippen LogP contribution < -0.4 is 10.1 Å². The van der Waals surface area contributed by atoms with Gasteiger partial charge in [0.05, 0.1) is 35.9 Å². The summed E-state index contributed by atoms with van der Waals surface area (Å²) in [4.78, 5) is 30.9. The molecule has 2 fully saturated rings. The molecule has 0 unspecified atom stereocenters. The molecule has 2 atom stereocenters. The fourth-order valence-corrected chi connectivity index (χ4v) is 5.23. The fraction of sp³-hybridized carbons (Fsp3) is 0.280. The van der Waals surface area contributed by atoms with Crippen LogP contribution in [0.2, 0.25) is 5.02 Å². The summed E-state index contributed by atoms with van der Waals surface area (Å²) in [6, 6.07) is 11.9. The van der Waals surface area contributed by atoms with Crippen LogP contribution in [0.1, 0.15) is 16.8 Å². The van der Waals surface area contributed by atoms with Crippen LogP contribution in [0.5, 0.6) is 5.75 Å². The largest absolute Gasteiger partial charge is 0.495 e. The van der Waals surface area contributed by atoms with Crippen molar-refractivity contribution in [3.8, 4) is 17.1 Å². The maximum atomic E-state index is 13.2. The Labute approximate surface area is 207 Å². The Morgan fingerprint density at radius 3 is 2.80 bits per heavy atom. The summed E-state index contributed by atoms with van der Waals surface area (Å²) in [6.45, 7) is 1.70. The first-order valence-corrected chi connectivity index (χ1v) is 11.8. The molecule has 9 nitrogen and oxygen atoms in total. The lowest BCUT2D eigenvalue weighted by atomic mass is 10.1. The van der Waals surface area contributed by atoms with Gasteiger partial charge in [0.15, 0.2) is 0 Å². The highest BCUT2D eigenvalue weighted by molar-refractivity contribution is 6.32. The number of fused-ring (bicyclic) bond motifs is 3. The summed E-state index contributed by atoms with van der Waals surface area (Å²) in [5, 5.41) is 3.62. The third kappa shape index (κ3) is 3.77. The molecule has 2 saturated heterocycles. The second-order valence-corrected chi connectivity index (χ2v) is 9.35. The number of anilines is 2. The van der Waals surface area contributed by atoms with Crippen molar-refractivity contribution in [2.45, 2.75) is 18.5 Å². The Morgan fingerprint density at radius 2 is 2.03 bits per heavy atom. The predicted molar refractivity (Wildman–Crippen MR) is 133 cm³/mol. The molecule has 4 aromatic rings. The third-order valence-electron chi connectivity index (χ3n) is 6.87. The number of nitrogens with one attached hydrogen (secondary N) is 1. The number of imidazole rings is 1. The molecule has 1 amide bonds. The molecule has 1 aromatic carbocycles. The van der Waals surface area contributed by atoms with E-state index in [0.29, 0.717) is 39.7 Å². The summed E-state index contributed by atoms with van der Waals surface area (Å²) in [6.07, 6.45) is 6.24. The number of nitrogens with zero attached hydrogens (tertiary/aromatic N) is 6. The number of hydrogen-bond acceptors (Lipinski definition) is 7. The molecule has 35 heavy (non-hydrogen) atoms. The van der Waals surface area contributed by atoms with Gasteiger partial charge < -0.3 is 15.0 Å². The van der Waals surface area contributed by atoms with Gasteiger partial charge in [0, 0.05) is 36.9 Å². The average Bonchev–Trinajstić information content (AvgIpc) is 3.59. The van der Waals surface area contributed by atoms with Gasteiger partial charge in [-0.15, -0.1) is 0 Å². The van der Waals surface area contributed by atoms with Gasteiger partial charge in [0.2, 0.25) is 5.95 Å². The normalized spacial score (nSPS) is 19.5. The van der Waals surface area contributed by atoms with Gasteiger partial charge in [-0.1, -0.05) is 17.7 Å². The summed E-state index contributed by atoms with van der Waals surface area (Å²) in [5.41, 5.74) is 3.37. The van der Waals surface area contributed by atoms with Gasteiger partial charge in [-0.05, 0) is 43.8 Å². The molecular weight excluding hydrogens is 466 g/mol. The van der Waals surface area contributed by atoms with Gasteiger partial charge in [-0.25, -0.2) is 15.0 Å². The lowest BCUT2D eigenvalue weighted by molar-refractivity contribution is 0.0650. The molecule has 0 spiro atoms. The molecule has 2 bridgehead atoms. The molecule has 0 radical (unpaired) electrons. The molecule has 1 N–H and O–H groups in total.